The molecule has 0 unspecified atom stereocenters. The Kier molecular flexibility index (Phi) is 35.3. The molecule has 0 aliphatic carbocycles. The number of ether oxygens (including phenoxy) is 4. The van der Waals surface area contributed by atoms with E-state index in [4.69, 9.17) is 24.1 Å². The molecule has 0 aromatic rings. The van der Waals surface area contributed by atoms with Gasteiger partial charge in [-0.15, -0.1) is 0 Å². The molecule has 0 bridgehead atoms. The molecule has 0 heterocycles. The first-order chi connectivity index (χ1) is 25.6. The van der Waals surface area contributed by atoms with E-state index in [1.54, 1.807) is 0 Å². The number of ketones is 2. The lowest BCUT2D eigenvalue weighted by molar-refractivity contribution is -0.142. The Morgan fingerprint density at radius 2 is 0.962 bits per heavy atom. The van der Waals surface area contributed by atoms with Crippen molar-refractivity contribution in [3.8, 4) is 0 Å². The van der Waals surface area contributed by atoms with E-state index in [1.807, 2.05) is 0 Å². The largest absolute Gasteiger partial charge is 0.481 e. The van der Waals surface area contributed by atoms with Crippen molar-refractivity contribution in [1.29, 1.82) is 0 Å². The minimum Gasteiger partial charge on any atom is -0.481 e. The Balaban J connectivity index is 3.64. The molecule has 0 fully saturated rings. The van der Waals surface area contributed by atoms with Gasteiger partial charge in [-0.05, 0) is 32.6 Å². The van der Waals surface area contributed by atoms with Crippen LogP contribution in [0.15, 0.2) is 0 Å². The molecule has 4 N–H and O–H groups in total. The highest BCUT2D eigenvalue weighted by Gasteiger charge is 2.20. The molecule has 0 aromatic heterocycles. The Morgan fingerprint density at radius 3 is 1.47 bits per heavy atom. The van der Waals surface area contributed by atoms with Crippen molar-refractivity contribution >= 4 is 35.3 Å². The standard InChI is InChI=1S/C39H70N2O12/c1-33(42)31-52-29-28-51-26-24-40-37(45)32-53-30-27-50-25-18-19-34(43)22-23-35(39(48)49)41-36(44)20-16-14-12-10-8-6-4-2-3-5-7-9-11-13-15-17-21-38(46)47/h35H,2-32H2,1H3,(H,40,45)(H,41,44)(H,46,47)(H,48,49)/t35-/m0/s1. The third-order valence-corrected chi connectivity index (χ3v) is 8.49. The van der Waals surface area contributed by atoms with Gasteiger partial charge in [0.15, 0.2) is 5.78 Å². The second-order valence-electron chi connectivity index (χ2n) is 13.6. The Hall–Kier alpha value is -2.94. The first-order valence-electron chi connectivity index (χ1n) is 19.9. The number of amides is 2. The monoisotopic (exact) mass is 758 g/mol. The van der Waals surface area contributed by atoms with Gasteiger partial charge in [-0.25, -0.2) is 4.79 Å². The third kappa shape index (κ3) is 38.6. The summed E-state index contributed by atoms with van der Waals surface area (Å²) in [5.74, 6) is -2.57. The van der Waals surface area contributed by atoms with Crippen molar-refractivity contribution in [2.75, 3.05) is 59.4 Å². The summed E-state index contributed by atoms with van der Waals surface area (Å²) in [5.41, 5.74) is 0. The highest BCUT2D eigenvalue weighted by molar-refractivity contribution is 5.84. The quantitative estimate of drug-likeness (QED) is 0.0566. The fourth-order valence-electron chi connectivity index (χ4n) is 5.50. The van der Waals surface area contributed by atoms with E-state index in [0.29, 0.717) is 45.8 Å². The summed E-state index contributed by atoms with van der Waals surface area (Å²) in [6.45, 7) is 3.48. The molecule has 14 heteroatoms. The topological polar surface area (TPSA) is 204 Å². The van der Waals surface area contributed by atoms with Gasteiger partial charge in [0.25, 0.3) is 0 Å². The van der Waals surface area contributed by atoms with E-state index < -0.39 is 18.0 Å². The normalized spacial score (nSPS) is 11.6. The average molecular weight is 759 g/mol. The number of carboxylic acid groups (broad SMARTS) is 2. The van der Waals surface area contributed by atoms with Crippen molar-refractivity contribution in [3.05, 3.63) is 0 Å². The molecule has 0 aromatic carbocycles. The fourth-order valence-corrected chi connectivity index (χ4v) is 5.50. The van der Waals surface area contributed by atoms with E-state index in [0.717, 1.165) is 38.5 Å². The number of nitrogens with one attached hydrogen (secondary N) is 2. The van der Waals surface area contributed by atoms with Crippen molar-refractivity contribution in [1.82, 2.24) is 10.6 Å². The third-order valence-electron chi connectivity index (χ3n) is 8.49. The number of aliphatic carboxylic acids is 2. The predicted molar refractivity (Wildman–Crippen MR) is 201 cm³/mol. The minimum atomic E-state index is -1.14. The highest BCUT2D eigenvalue weighted by Crippen LogP contribution is 2.14. The summed E-state index contributed by atoms with van der Waals surface area (Å²) in [6, 6.07) is -1.08. The van der Waals surface area contributed by atoms with Crippen LogP contribution in [0.3, 0.4) is 0 Å². The number of unbranched alkanes of at least 4 members (excludes halogenated alkanes) is 15. The Labute approximate surface area is 317 Å². The zero-order chi connectivity index (χ0) is 39.2. The van der Waals surface area contributed by atoms with Crippen molar-refractivity contribution < 1.29 is 57.9 Å². The molecular weight excluding hydrogens is 688 g/mol. The van der Waals surface area contributed by atoms with Gasteiger partial charge >= 0.3 is 11.9 Å². The van der Waals surface area contributed by atoms with E-state index in [2.05, 4.69) is 10.6 Å². The first kappa shape index (κ1) is 50.1. The summed E-state index contributed by atoms with van der Waals surface area (Å²) in [5, 5.41) is 23.4. The molecule has 0 spiro atoms. The van der Waals surface area contributed by atoms with E-state index in [9.17, 15) is 33.9 Å². The maximum Gasteiger partial charge on any atom is 0.326 e. The van der Waals surface area contributed by atoms with Gasteiger partial charge in [-0.2, -0.15) is 0 Å². The summed E-state index contributed by atoms with van der Waals surface area (Å²) in [6.07, 6.45) is 19.4. The number of carbonyl (C=O) groups is 6. The zero-order valence-corrected chi connectivity index (χ0v) is 32.5. The lowest BCUT2D eigenvalue weighted by Gasteiger charge is -2.14. The van der Waals surface area contributed by atoms with Crippen LogP contribution in [0, 0.1) is 0 Å². The molecule has 14 nitrogen and oxygen atoms in total. The van der Waals surface area contributed by atoms with Gasteiger partial charge < -0.3 is 39.8 Å². The van der Waals surface area contributed by atoms with Gasteiger partial charge in [0.05, 0.1) is 33.0 Å². The Morgan fingerprint density at radius 1 is 0.491 bits per heavy atom. The number of rotatable bonds is 41. The molecule has 53 heavy (non-hydrogen) atoms. The number of Topliss-reactive ketones (excluding diaryl/α,β-unsaturated/α-hetero) is 2. The SMILES string of the molecule is CC(=O)COCCOCCNC(=O)COCCOCCCC(=O)CC[C@H](NC(=O)CCCCCCCCCCCCCCCCCCC(=O)O)C(=O)O. The smallest absolute Gasteiger partial charge is 0.326 e. The van der Waals surface area contributed by atoms with Gasteiger partial charge in [-0.1, -0.05) is 89.9 Å². The molecule has 0 saturated carbocycles. The van der Waals surface area contributed by atoms with Gasteiger partial charge in [0.2, 0.25) is 11.8 Å². The maximum atomic E-state index is 12.3. The van der Waals surface area contributed by atoms with Crippen LogP contribution in [0.5, 0.6) is 0 Å². The van der Waals surface area contributed by atoms with Crippen molar-refractivity contribution in [2.45, 2.75) is 154 Å². The van der Waals surface area contributed by atoms with Crippen molar-refractivity contribution in [3.63, 3.8) is 0 Å². The number of carboxylic acids is 2. The fraction of sp³-hybridized carbons (Fsp3) is 0.846. The highest BCUT2D eigenvalue weighted by atomic mass is 16.5. The average Bonchev–Trinajstić information content (AvgIpc) is 3.11. The first-order valence-corrected chi connectivity index (χ1v) is 19.9. The molecule has 0 aliphatic heterocycles. The molecule has 0 aliphatic rings. The van der Waals surface area contributed by atoms with Gasteiger partial charge in [0, 0.05) is 38.8 Å². The summed E-state index contributed by atoms with van der Waals surface area (Å²) < 4.78 is 21.0. The van der Waals surface area contributed by atoms with Crippen LogP contribution in [-0.4, -0.2) is 111 Å². The number of carbonyl (C=O) groups excluding carboxylic acids is 4. The molecule has 0 rings (SSSR count). The lowest BCUT2D eigenvalue weighted by Crippen LogP contribution is -2.41. The van der Waals surface area contributed by atoms with E-state index in [-0.39, 0.29) is 81.9 Å². The van der Waals surface area contributed by atoms with Crippen LogP contribution >= 0.6 is 0 Å². The molecule has 308 valence electrons. The summed E-state index contributed by atoms with van der Waals surface area (Å²) >= 11 is 0. The molecule has 2 amide bonds. The van der Waals surface area contributed by atoms with Crippen LogP contribution in [-0.2, 0) is 47.7 Å². The molecule has 0 saturated heterocycles. The van der Waals surface area contributed by atoms with Crippen LogP contribution in [0.2, 0.25) is 0 Å². The summed E-state index contributed by atoms with van der Waals surface area (Å²) in [7, 11) is 0. The lowest BCUT2D eigenvalue weighted by atomic mass is 10.0. The van der Waals surface area contributed by atoms with Gasteiger partial charge in [-0.3, -0.25) is 24.0 Å². The number of hydrogen-bond acceptors (Lipinski definition) is 10. The summed E-state index contributed by atoms with van der Waals surface area (Å²) in [4.78, 5) is 69.2. The number of hydrogen-bond donors (Lipinski definition) is 4. The molecular formula is C39H70N2O12. The van der Waals surface area contributed by atoms with Gasteiger partial charge in [0.1, 0.15) is 25.0 Å². The predicted octanol–water partition coefficient (Wildman–Crippen LogP) is 5.56. The molecule has 1 atom stereocenters. The zero-order valence-electron chi connectivity index (χ0n) is 32.5. The van der Waals surface area contributed by atoms with E-state index in [1.165, 1.54) is 64.7 Å². The van der Waals surface area contributed by atoms with Crippen LogP contribution < -0.4 is 10.6 Å². The second kappa shape index (κ2) is 37.4. The van der Waals surface area contributed by atoms with Crippen LogP contribution in [0.1, 0.15) is 148 Å². The second-order valence-corrected chi connectivity index (χ2v) is 13.6. The van der Waals surface area contributed by atoms with Crippen LogP contribution in [0.4, 0.5) is 0 Å². The molecule has 0 radical (unpaired) electrons. The Bertz CT molecular complexity index is 978. The van der Waals surface area contributed by atoms with Crippen LogP contribution in [0.25, 0.3) is 0 Å². The minimum absolute atomic E-state index is 0.0501. The van der Waals surface area contributed by atoms with Crippen molar-refractivity contribution in [2.24, 2.45) is 0 Å². The maximum absolute atomic E-state index is 12.3. The van der Waals surface area contributed by atoms with E-state index >= 15 is 0 Å².